The molecule has 78 valence electrons. The molecule has 0 heterocycles. The van der Waals surface area contributed by atoms with Gasteiger partial charge in [-0.25, -0.2) is 5.48 Å². The number of hydrogen-bond acceptors (Lipinski definition) is 4. The van der Waals surface area contributed by atoms with Crippen LogP contribution in [0.25, 0.3) is 0 Å². The molecule has 1 aromatic rings. The molecule has 1 aromatic carbocycles. The molecule has 0 aliphatic carbocycles. The number of ether oxygens (including phenoxy) is 2. The van der Waals surface area contributed by atoms with Crippen LogP contribution in [0.3, 0.4) is 0 Å². The van der Waals surface area contributed by atoms with E-state index in [9.17, 15) is 0 Å². The van der Waals surface area contributed by atoms with Crippen LogP contribution < -0.4 is 15.0 Å². The number of halogens is 1. The van der Waals surface area contributed by atoms with Crippen LogP contribution in [0.15, 0.2) is 12.1 Å². The van der Waals surface area contributed by atoms with Crippen molar-refractivity contribution < 1.29 is 14.7 Å². The molecule has 0 amide bonds. The van der Waals surface area contributed by atoms with Gasteiger partial charge in [-0.1, -0.05) is 17.7 Å². The number of benzene rings is 1. The van der Waals surface area contributed by atoms with Crippen molar-refractivity contribution in [2.75, 3.05) is 14.2 Å². The lowest BCUT2D eigenvalue weighted by Gasteiger charge is -2.13. The third kappa shape index (κ3) is 2.09. The van der Waals surface area contributed by atoms with Gasteiger partial charge in [0.25, 0.3) is 0 Å². The molecule has 0 saturated carbocycles. The molecule has 0 radical (unpaired) electrons. The van der Waals surface area contributed by atoms with Crippen molar-refractivity contribution in [3.05, 3.63) is 22.7 Å². The molecule has 0 fully saturated rings. The molecule has 0 spiro atoms. The van der Waals surface area contributed by atoms with E-state index in [4.69, 9.17) is 26.3 Å². The first kappa shape index (κ1) is 11.1. The molecule has 0 aliphatic rings. The number of methoxy groups -OCH3 is 2. The Morgan fingerprint density at radius 3 is 2.43 bits per heavy atom. The molecule has 0 aliphatic heterocycles. The molecule has 14 heavy (non-hydrogen) atoms. The molecule has 5 heteroatoms. The fraction of sp³-hybridized carbons (Fsp3) is 0.333. The smallest absolute Gasteiger partial charge is 0.179 e. The SMILES string of the molecule is COc1c(Cl)ccc(CNO)c1OC. The monoisotopic (exact) mass is 217 g/mol. The maximum atomic E-state index is 8.59. The largest absolute Gasteiger partial charge is 0.492 e. The number of hydrogen-bond donors (Lipinski definition) is 2. The third-order valence-corrected chi connectivity index (χ3v) is 2.12. The maximum absolute atomic E-state index is 8.59. The van der Waals surface area contributed by atoms with Crippen molar-refractivity contribution >= 4 is 11.6 Å². The van der Waals surface area contributed by atoms with Crippen molar-refractivity contribution in [2.24, 2.45) is 0 Å². The van der Waals surface area contributed by atoms with Crippen LogP contribution in [-0.2, 0) is 6.54 Å². The van der Waals surface area contributed by atoms with Crippen LogP contribution in [0.4, 0.5) is 0 Å². The molecular formula is C9H12ClNO3. The van der Waals surface area contributed by atoms with Gasteiger partial charge >= 0.3 is 0 Å². The number of nitrogens with one attached hydrogen (secondary N) is 1. The average molecular weight is 218 g/mol. The summed E-state index contributed by atoms with van der Waals surface area (Å²) >= 11 is 5.89. The van der Waals surface area contributed by atoms with Crippen LogP contribution in [0.5, 0.6) is 11.5 Å². The molecule has 0 aromatic heterocycles. The van der Waals surface area contributed by atoms with E-state index in [-0.39, 0.29) is 6.54 Å². The van der Waals surface area contributed by atoms with E-state index in [1.807, 2.05) is 0 Å². The quantitative estimate of drug-likeness (QED) is 0.756. The molecule has 2 N–H and O–H groups in total. The Labute approximate surface area is 87.4 Å². The zero-order valence-electron chi connectivity index (χ0n) is 8.00. The summed E-state index contributed by atoms with van der Waals surface area (Å²) in [5.74, 6) is 1.00. The van der Waals surface area contributed by atoms with Gasteiger partial charge in [-0.05, 0) is 6.07 Å². The van der Waals surface area contributed by atoms with Crippen LogP contribution >= 0.6 is 11.6 Å². The minimum absolute atomic E-state index is 0.275. The highest BCUT2D eigenvalue weighted by atomic mass is 35.5. The van der Waals surface area contributed by atoms with Gasteiger partial charge in [0.2, 0.25) is 0 Å². The average Bonchev–Trinajstić information content (AvgIpc) is 2.20. The fourth-order valence-electron chi connectivity index (χ4n) is 1.22. The Bertz CT molecular complexity index is 317. The molecule has 0 saturated heterocycles. The lowest BCUT2D eigenvalue weighted by Crippen LogP contribution is -2.08. The van der Waals surface area contributed by atoms with Gasteiger partial charge in [-0.3, -0.25) is 0 Å². The standard InChI is InChI=1S/C9H12ClNO3/c1-13-8-6(5-11-12)3-4-7(10)9(8)14-2/h3-4,11-12H,5H2,1-2H3. The Hall–Kier alpha value is -0.970. The van der Waals surface area contributed by atoms with Gasteiger partial charge in [0.1, 0.15) is 0 Å². The van der Waals surface area contributed by atoms with E-state index in [1.54, 1.807) is 12.1 Å². The summed E-state index contributed by atoms with van der Waals surface area (Å²) in [5, 5.41) is 9.07. The molecule has 0 unspecified atom stereocenters. The topological polar surface area (TPSA) is 50.7 Å². The second-order valence-corrected chi connectivity index (χ2v) is 3.02. The first-order chi connectivity index (χ1) is 6.74. The lowest BCUT2D eigenvalue weighted by molar-refractivity contribution is 0.160. The molecule has 0 bridgehead atoms. The highest BCUT2D eigenvalue weighted by molar-refractivity contribution is 6.32. The summed E-state index contributed by atoms with van der Waals surface area (Å²) in [6.45, 7) is 0.275. The Morgan fingerprint density at radius 1 is 1.29 bits per heavy atom. The van der Waals surface area contributed by atoms with Gasteiger partial charge in [0.15, 0.2) is 11.5 Å². The summed E-state index contributed by atoms with van der Waals surface area (Å²) < 4.78 is 10.2. The molecule has 4 nitrogen and oxygen atoms in total. The van der Waals surface area contributed by atoms with Crippen molar-refractivity contribution in [3.8, 4) is 11.5 Å². The predicted molar refractivity (Wildman–Crippen MR) is 53.2 cm³/mol. The molecule has 0 atom stereocenters. The predicted octanol–water partition coefficient (Wildman–Crippen LogP) is 1.84. The van der Waals surface area contributed by atoms with Crippen molar-refractivity contribution in [2.45, 2.75) is 6.54 Å². The summed E-state index contributed by atoms with van der Waals surface area (Å²) in [5.41, 5.74) is 2.83. The minimum atomic E-state index is 0.275. The first-order valence-corrected chi connectivity index (χ1v) is 4.38. The number of rotatable bonds is 4. The number of hydroxylamine groups is 1. The Balaban J connectivity index is 3.18. The summed E-state index contributed by atoms with van der Waals surface area (Å²) in [6, 6.07) is 3.45. The van der Waals surface area contributed by atoms with Gasteiger partial charge in [-0.15, -0.1) is 0 Å². The minimum Gasteiger partial charge on any atom is -0.492 e. The normalized spacial score (nSPS) is 10.0. The second kappa shape index (κ2) is 5.05. The highest BCUT2D eigenvalue weighted by Crippen LogP contribution is 2.37. The highest BCUT2D eigenvalue weighted by Gasteiger charge is 2.12. The summed E-state index contributed by atoms with van der Waals surface area (Å²) in [7, 11) is 3.04. The second-order valence-electron chi connectivity index (χ2n) is 2.61. The Kier molecular flexibility index (Phi) is 4.00. The van der Waals surface area contributed by atoms with Gasteiger partial charge in [0.05, 0.1) is 19.2 Å². The molecule has 1 rings (SSSR count). The van der Waals surface area contributed by atoms with Crippen molar-refractivity contribution in [3.63, 3.8) is 0 Å². The zero-order chi connectivity index (χ0) is 10.6. The van der Waals surface area contributed by atoms with Gasteiger partial charge < -0.3 is 14.7 Å². The van der Waals surface area contributed by atoms with E-state index < -0.39 is 0 Å². The van der Waals surface area contributed by atoms with Gasteiger partial charge in [0, 0.05) is 12.1 Å². The van der Waals surface area contributed by atoms with Gasteiger partial charge in [-0.2, -0.15) is 0 Å². The van der Waals surface area contributed by atoms with Crippen LogP contribution in [-0.4, -0.2) is 19.4 Å². The van der Waals surface area contributed by atoms with Crippen molar-refractivity contribution in [1.29, 1.82) is 0 Å². The van der Waals surface area contributed by atoms with E-state index in [2.05, 4.69) is 5.48 Å². The summed E-state index contributed by atoms with van der Waals surface area (Å²) in [4.78, 5) is 0. The van der Waals surface area contributed by atoms with E-state index in [1.165, 1.54) is 14.2 Å². The van der Waals surface area contributed by atoms with Crippen molar-refractivity contribution in [1.82, 2.24) is 5.48 Å². The Morgan fingerprint density at radius 2 is 1.93 bits per heavy atom. The van der Waals surface area contributed by atoms with E-state index in [0.29, 0.717) is 16.5 Å². The van der Waals surface area contributed by atoms with Crippen LogP contribution in [0, 0.1) is 0 Å². The summed E-state index contributed by atoms with van der Waals surface area (Å²) in [6.07, 6.45) is 0. The van der Waals surface area contributed by atoms with Crippen LogP contribution in [0.2, 0.25) is 5.02 Å². The zero-order valence-corrected chi connectivity index (χ0v) is 8.76. The third-order valence-electron chi connectivity index (χ3n) is 1.82. The first-order valence-electron chi connectivity index (χ1n) is 4.01. The fourth-order valence-corrected chi connectivity index (χ4v) is 1.44. The van der Waals surface area contributed by atoms with E-state index >= 15 is 0 Å². The lowest BCUT2D eigenvalue weighted by atomic mass is 10.2. The van der Waals surface area contributed by atoms with E-state index in [0.717, 1.165) is 5.56 Å². The van der Waals surface area contributed by atoms with Crippen LogP contribution in [0.1, 0.15) is 5.56 Å². The maximum Gasteiger partial charge on any atom is 0.179 e. The molecular weight excluding hydrogens is 206 g/mol.